The summed E-state index contributed by atoms with van der Waals surface area (Å²) in [5.74, 6) is 0. The van der Waals surface area contributed by atoms with E-state index in [-0.39, 0.29) is 0 Å². The summed E-state index contributed by atoms with van der Waals surface area (Å²) in [7, 11) is 0. The number of aliphatic hydroxyl groups excluding tert-OH is 1. The van der Waals surface area contributed by atoms with Crippen molar-refractivity contribution < 1.29 is 14.6 Å². The number of ether oxygens (including phenoxy) is 1. The van der Waals surface area contributed by atoms with Crippen molar-refractivity contribution in [3.8, 4) is 0 Å². The summed E-state index contributed by atoms with van der Waals surface area (Å²) in [4.78, 5) is 10.4. The van der Waals surface area contributed by atoms with Gasteiger partial charge >= 0.3 is 6.09 Å². The highest BCUT2D eigenvalue weighted by Crippen LogP contribution is 2.36. The van der Waals surface area contributed by atoms with Crippen LogP contribution >= 0.6 is 34.8 Å². The molecule has 1 aromatic carbocycles. The number of hydrogen-bond acceptors (Lipinski definition) is 3. The third kappa shape index (κ3) is 4.24. The van der Waals surface area contributed by atoms with Gasteiger partial charge in [-0.25, -0.2) is 4.79 Å². The van der Waals surface area contributed by atoms with E-state index in [1.54, 1.807) is 24.3 Å². The average Bonchev–Trinajstić information content (AvgIpc) is 2.27. The molecule has 94 valence electrons. The predicted molar refractivity (Wildman–Crippen MR) is 66.4 cm³/mol. The van der Waals surface area contributed by atoms with Crippen LogP contribution in [-0.4, -0.2) is 22.1 Å². The van der Waals surface area contributed by atoms with Gasteiger partial charge in [-0.05, 0) is 17.7 Å². The SMILES string of the molecule is NC(=O)OCC(Cl)(Cl)C(O)c1ccc(Cl)cc1. The maximum absolute atomic E-state index is 10.4. The van der Waals surface area contributed by atoms with Gasteiger partial charge in [-0.2, -0.15) is 0 Å². The molecule has 0 aliphatic heterocycles. The minimum atomic E-state index is -1.68. The third-order valence-electron chi connectivity index (χ3n) is 1.99. The zero-order valence-electron chi connectivity index (χ0n) is 8.57. The van der Waals surface area contributed by atoms with Crippen LogP contribution in [0, 0.1) is 0 Å². The lowest BCUT2D eigenvalue weighted by molar-refractivity contribution is 0.102. The molecule has 4 nitrogen and oxygen atoms in total. The van der Waals surface area contributed by atoms with E-state index < -0.39 is 23.1 Å². The average molecular weight is 299 g/mol. The van der Waals surface area contributed by atoms with E-state index >= 15 is 0 Å². The van der Waals surface area contributed by atoms with Crippen molar-refractivity contribution in [2.75, 3.05) is 6.61 Å². The Morgan fingerprint density at radius 2 is 1.94 bits per heavy atom. The highest BCUT2D eigenvalue weighted by atomic mass is 35.5. The molecule has 0 bridgehead atoms. The van der Waals surface area contributed by atoms with Gasteiger partial charge in [-0.3, -0.25) is 0 Å². The minimum absolute atomic E-state index is 0.421. The monoisotopic (exact) mass is 297 g/mol. The van der Waals surface area contributed by atoms with Crippen LogP contribution in [0.15, 0.2) is 24.3 Å². The molecule has 1 atom stereocenters. The van der Waals surface area contributed by atoms with E-state index in [1.807, 2.05) is 0 Å². The Labute approximate surface area is 113 Å². The second-order valence-electron chi connectivity index (χ2n) is 3.32. The topological polar surface area (TPSA) is 72.6 Å². The van der Waals surface area contributed by atoms with Crippen LogP contribution < -0.4 is 5.73 Å². The van der Waals surface area contributed by atoms with Crippen LogP contribution in [0.25, 0.3) is 0 Å². The fraction of sp³-hybridized carbons (Fsp3) is 0.300. The number of primary amides is 1. The first-order chi connectivity index (χ1) is 7.83. The maximum Gasteiger partial charge on any atom is 0.404 e. The molecule has 3 N–H and O–H groups in total. The highest BCUT2D eigenvalue weighted by Gasteiger charge is 2.36. The van der Waals surface area contributed by atoms with E-state index in [0.717, 1.165) is 0 Å². The van der Waals surface area contributed by atoms with Gasteiger partial charge in [-0.15, -0.1) is 0 Å². The first-order valence-electron chi connectivity index (χ1n) is 4.56. The number of hydrogen-bond donors (Lipinski definition) is 2. The summed E-state index contributed by atoms with van der Waals surface area (Å²) >= 11 is 17.4. The van der Waals surface area contributed by atoms with Crippen LogP contribution in [0.3, 0.4) is 0 Å². The second-order valence-corrected chi connectivity index (χ2v) is 5.30. The quantitative estimate of drug-likeness (QED) is 0.839. The van der Waals surface area contributed by atoms with Crippen LogP contribution in [0.1, 0.15) is 11.7 Å². The summed E-state index contributed by atoms with van der Waals surface area (Å²) in [6, 6.07) is 6.30. The van der Waals surface area contributed by atoms with Crippen molar-refractivity contribution >= 4 is 40.9 Å². The van der Waals surface area contributed by atoms with Gasteiger partial charge in [0.25, 0.3) is 0 Å². The van der Waals surface area contributed by atoms with Crippen molar-refractivity contribution in [3.05, 3.63) is 34.9 Å². The molecule has 1 unspecified atom stereocenters. The van der Waals surface area contributed by atoms with Gasteiger partial charge < -0.3 is 15.6 Å². The van der Waals surface area contributed by atoms with Crippen molar-refractivity contribution in [3.63, 3.8) is 0 Å². The van der Waals surface area contributed by atoms with Crippen molar-refractivity contribution in [2.45, 2.75) is 10.4 Å². The summed E-state index contributed by atoms with van der Waals surface area (Å²) in [5, 5.41) is 10.4. The normalized spacial score (nSPS) is 13.2. The standard InChI is InChI=1S/C10H10Cl3NO3/c11-7-3-1-6(2-4-7)8(15)10(12,13)5-17-9(14)16/h1-4,8,15H,5H2,(H2,14,16). The van der Waals surface area contributed by atoms with E-state index in [0.29, 0.717) is 10.6 Å². The van der Waals surface area contributed by atoms with Crippen LogP contribution in [0.5, 0.6) is 0 Å². The Morgan fingerprint density at radius 3 is 2.41 bits per heavy atom. The molecule has 0 saturated heterocycles. The number of carbonyl (C=O) groups excluding carboxylic acids is 1. The zero-order valence-corrected chi connectivity index (χ0v) is 10.8. The van der Waals surface area contributed by atoms with Crippen LogP contribution in [0.4, 0.5) is 4.79 Å². The predicted octanol–water partition coefficient (Wildman–Crippen LogP) is 2.64. The van der Waals surface area contributed by atoms with Crippen LogP contribution in [0.2, 0.25) is 5.02 Å². The van der Waals surface area contributed by atoms with Crippen molar-refractivity contribution in [2.24, 2.45) is 5.73 Å². The van der Waals surface area contributed by atoms with Crippen LogP contribution in [-0.2, 0) is 4.74 Å². The highest BCUT2D eigenvalue weighted by molar-refractivity contribution is 6.49. The van der Waals surface area contributed by atoms with Crippen molar-refractivity contribution in [1.82, 2.24) is 0 Å². The molecular weight excluding hydrogens is 288 g/mol. The number of carbonyl (C=O) groups is 1. The lowest BCUT2D eigenvalue weighted by Crippen LogP contribution is -2.32. The molecule has 0 fully saturated rings. The van der Waals surface area contributed by atoms with Gasteiger partial charge in [0.15, 0.2) is 4.33 Å². The largest absolute Gasteiger partial charge is 0.446 e. The van der Waals surface area contributed by atoms with Gasteiger partial charge in [0, 0.05) is 5.02 Å². The molecule has 1 rings (SSSR count). The van der Waals surface area contributed by atoms with Gasteiger partial charge in [0.2, 0.25) is 0 Å². The first kappa shape index (κ1) is 14.4. The fourth-order valence-electron chi connectivity index (χ4n) is 1.14. The molecule has 0 aromatic heterocycles. The molecule has 0 spiro atoms. The number of benzene rings is 1. The summed E-state index contributed by atoms with van der Waals surface area (Å²) < 4.78 is 2.78. The molecular formula is C10H10Cl3NO3. The Hall–Kier alpha value is -0.680. The summed E-state index contributed by atoms with van der Waals surface area (Å²) in [5.41, 5.74) is 5.23. The number of nitrogens with two attached hydrogens (primary N) is 1. The second kappa shape index (κ2) is 5.78. The Morgan fingerprint density at radius 1 is 1.41 bits per heavy atom. The van der Waals surface area contributed by atoms with Gasteiger partial charge in [0.1, 0.15) is 12.7 Å². The van der Waals surface area contributed by atoms with E-state index in [4.69, 9.17) is 40.5 Å². The lowest BCUT2D eigenvalue weighted by Gasteiger charge is -2.25. The summed E-state index contributed by atoms with van der Waals surface area (Å²) in [6.07, 6.45) is -2.25. The van der Waals surface area contributed by atoms with E-state index in [9.17, 15) is 9.90 Å². The van der Waals surface area contributed by atoms with Crippen molar-refractivity contribution in [1.29, 1.82) is 0 Å². The zero-order chi connectivity index (χ0) is 13.1. The van der Waals surface area contributed by atoms with Gasteiger partial charge in [-0.1, -0.05) is 46.9 Å². The molecule has 17 heavy (non-hydrogen) atoms. The number of halogens is 3. The lowest BCUT2D eigenvalue weighted by atomic mass is 10.1. The maximum atomic E-state index is 10.4. The molecule has 7 heteroatoms. The molecule has 0 heterocycles. The van der Waals surface area contributed by atoms with E-state index in [1.165, 1.54) is 0 Å². The molecule has 1 amide bonds. The van der Waals surface area contributed by atoms with E-state index in [2.05, 4.69) is 4.74 Å². The Balaban J connectivity index is 2.76. The molecule has 1 aromatic rings. The third-order valence-corrected chi connectivity index (χ3v) is 2.88. The molecule has 0 saturated carbocycles. The molecule has 0 aliphatic rings. The number of alkyl halides is 2. The Bertz CT molecular complexity index is 394. The number of rotatable bonds is 4. The number of amides is 1. The first-order valence-corrected chi connectivity index (χ1v) is 5.70. The fourth-order valence-corrected chi connectivity index (χ4v) is 1.62. The molecule has 0 radical (unpaired) electrons. The Kier molecular flexibility index (Phi) is 4.89. The minimum Gasteiger partial charge on any atom is -0.446 e. The van der Waals surface area contributed by atoms with Gasteiger partial charge in [0.05, 0.1) is 0 Å². The number of aliphatic hydroxyl groups is 1. The smallest absolute Gasteiger partial charge is 0.404 e. The summed E-state index contributed by atoms with van der Waals surface area (Å²) in [6.45, 7) is -0.421. The molecule has 0 aliphatic carbocycles.